The molecule has 2 rings (SSSR count). The number of nitrogens with zero attached hydrogens (tertiary/aromatic N) is 2. The second kappa shape index (κ2) is 7.59. The van der Waals surface area contributed by atoms with E-state index in [-0.39, 0.29) is 6.61 Å². The molecule has 0 radical (unpaired) electrons. The standard InChI is InChI=1S/C16H28N4O/c1-4-17-14-9-15(20-16(19-14)11(2)3)18-13-8-6-5-7-12(13)10-21/h9,11-13,21H,4-8,10H2,1-3H3,(H2,17,18,19,20). The van der Waals surface area contributed by atoms with Gasteiger partial charge in [-0.1, -0.05) is 26.7 Å². The largest absolute Gasteiger partial charge is 0.396 e. The summed E-state index contributed by atoms with van der Waals surface area (Å²) in [6.07, 6.45) is 4.63. The van der Waals surface area contributed by atoms with Gasteiger partial charge in [-0.2, -0.15) is 0 Å². The van der Waals surface area contributed by atoms with Crippen LogP contribution in [0.1, 0.15) is 58.2 Å². The first kappa shape index (κ1) is 16.0. The number of hydrogen-bond donors (Lipinski definition) is 3. The summed E-state index contributed by atoms with van der Waals surface area (Å²) in [4.78, 5) is 9.18. The second-order valence-electron chi connectivity index (χ2n) is 6.16. The van der Waals surface area contributed by atoms with Gasteiger partial charge in [0.25, 0.3) is 0 Å². The van der Waals surface area contributed by atoms with E-state index < -0.39 is 0 Å². The van der Waals surface area contributed by atoms with Crippen LogP contribution in [0.3, 0.4) is 0 Å². The van der Waals surface area contributed by atoms with E-state index in [4.69, 9.17) is 0 Å². The molecule has 1 aromatic heterocycles. The summed E-state index contributed by atoms with van der Waals surface area (Å²) < 4.78 is 0. The van der Waals surface area contributed by atoms with Crippen LogP contribution in [0.15, 0.2) is 6.07 Å². The first-order chi connectivity index (χ1) is 10.1. The van der Waals surface area contributed by atoms with E-state index >= 15 is 0 Å². The van der Waals surface area contributed by atoms with E-state index in [1.807, 2.05) is 6.07 Å². The number of nitrogens with one attached hydrogen (secondary N) is 2. The van der Waals surface area contributed by atoms with Crippen molar-refractivity contribution in [2.24, 2.45) is 5.92 Å². The molecule has 5 heteroatoms. The normalized spacial score (nSPS) is 22.3. The zero-order chi connectivity index (χ0) is 15.2. The third-order valence-electron chi connectivity index (χ3n) is 4.09. The van der Waals surface area contributed by atoms with Gasteiger partial charge in [-0.3, -0.25) is 0 Å². The summed E-state index contributed by atoms with van der Waals surface area (Å²) in [6.45, 7) is 7.36. The van der Waals surface area contributed by atoms with Crippen molar-refractivity contribution in [2.75, 3.05) is 23.8 Å². The molecular weight excluding hydrogens is 264 g/mol. The van der Waals surface area contributed by atoms with Crippen LogP contribution >= 0.6 is 0 Å². The Hall–Kier alpha value is -1.36. The van der Waals surface area contributed by atoms with E-state index in [2.05, 4.69) is 41.4 Å². The first-order valence-electron chi connectivity index (χ1n) is 8.14. The highest BCUT2D eigenvalue weighted by Gasteiger charge is 2.25. The van der Waals surface area contributed by atoms with Gasteiger partial charge in [0.15, 0.2) is 0 Å². The molecule has 0 aliphatic heterocycles. The third kappa shape index (κ3) is 4.30. The Balaban J connectivity index is 2.17. The maximum Gasteiger partial charge on any atom is 0.135 e. The van der Waals surface area contributed by atoms with Crippen LogP contribution in [0.2, 0.25) is 0 Å². The SMILES string of the molecule is CCNc1cc(NC2CCCCC2CO)nc(C(C)C)n1. The molecule has 21 heavy (non-hydrogen) atoms. The lowest BCUT2D eigenvalue weighted by Crippen LogP contribution is -2.34. The Bertz CT molecular complexity index is 450. The molecule has 0 bridgehead atoms. The maximum atomic E-state index is 9.54. The fourth-order valence-electron chi connectivity index (χ4n) is 2.88. The van der Waals surface area contributed by atoms with Gasteiger partial charge in [0.05, 0.1) is 0 Å². The molecule has 1 aromatic rings. The number of aliphatic hydroxyl groups excluding tert-OH is 1. The minimum Gasteiger partial charge on any atom is -0.396 e. The van der Waals surface area contributed by atoms with Crippen LogP contribution in [0.4, 0.5) is 11.6 Å². The Morgan fingerprint density at radius 2 is 1.95 bits per heavy atom. The smallest absolute Gasteiger partial charge is 0.135 e. The van der Waals surface area contributed by atoms with Crippen molar-refractivity contribution in [3.63, 3.8) is 0 Å². The molecule has 0 saturated heterocycles. The summed E-state index contributed by atoms with van der Waals surface area (Å²) >= 11 is 0. The topological polar surface area (TPSA) is 70.1 Å². The van der Waals surface area contributed by atoms with Gasteiger partial charge < -0.3 is 15.7 Å². The van der Waals surface area contributed by atoms with Crippen molar-refractivity contribution in [3.05, 3.63) is 11.9 Å². The zero-order valence-corrected chi connectivity index (χ0v) is 13.4. The van der Waals surface area contributed by atoms with Gasteiger partial charge in [-0.25, -0.2) is 9.97 Å². The molecule has 0 amide bonds. The number of rotatable bonds is 6. The predicted molar refractivity (Wildman–Crippen MR) is 86.7 cm³/mol. The third-order valence-corrected chi connectivity index (χ3v) is 4.09. The van der Waals surface area contributed by atoms with Crippen molar-refractivity contribution < 1.29 is 5.11 Å². The quantitative estimate of drug-likeness (QED) is 0.752. The fraction of sp³-hybridized carbons (Fsp3) is 0.750. The predicted octanol–water partition coefficient (Wildman–Crippen LogP) is 2.99. The molecule has 1 fully saturated rings. The molecule has 118 valence electrons. The molecule has 2 atom stereocenters. The fourth-order valence-corrected chi connectivity index (χ4v) is 2.88. The zero-order valence-electron chi connectivity index (χ0n) is 13.4. The summed E-state index contributed by atoms with van der Waals surface area (Å²) in [5.74, 6) is 3.22. The van der Waals surface area contributed by atoms with Crippen LogP contribution in [0.5, 0.6) is 0 Å². The van der Waals surface area contributed by atoms with Gasteiger partial charge in [0, 0.05) is 37.1 Å². The van der Waals surface area contributed by atoms with Gasteiger partial charge in [-0.15, -0.1) is 0 Å². The van der Waals surface area contributed by atoms with Crippen LogP contribution in [-0.4, -0.2) is 34.3 Å². The summed E-state index contributed by atoms with van der Waals surface area (Å²) in [5, 5.41) is 16.3. The average molecular weight is 292 g/mol. The molecule has 1 saturated carbocycles. The highest BCUT2D eigenvalue weighted by molar-refractivity contribution is 5.48. The van der Waals surface area contributed by atoms with Crippen molar-refractivity contribution in [3.8, 4) is 0 Å². The number of aliphatic hydroxyl groups is 1. The Morgan fingerprint density at radius 1 is 1.24 bits per heavy atom. The van der Waals surface area contributed by atoms with Crippen LogP contribution < -0.4 is 10.6 Å². The van der Waals surface area contributed by atoms with Crippen LogP contribution in [-0.2, 0) is 0 Å². The highest BCUT2D eigenvalue weighted by atomic mass is 16.3. The molecule has 1 heterocycles. The van der Waals surface area contributed by atoms with Gasteiger partial charge >= 0.3 is 0 Å². The van der Waals surface area contributed by atoms with Crippen LogP contribution in [0.25, 0.3) is 0 Å². The molecule has 0 aromatic carbocycles. The van der Waals surface area contributed by atoms with E-state index in [0.29, 0.717) is 17.9 Å². The van der Waals surface area contributed by atoms with Gasteiger partial charge in [-0.05, 0) is 19.8 Å². The Labute approximate surface area is 127 Å². The van der Waals surface area contributed by atoms with Crippen LogP contribution in [0, 0.1) is 5.92 Å². The lowest BCUT2D eigenvalue weighted by molar-refractivity contribution is 0.178. The average Bonchev–Trinajstić information content (AvgIpc) is 2.48. The monoisotopic (exact) mass is 292 g/mol. The molecule has 0 spiro atoms. The van der Waals surface area contributed by atoms with Gasteiger partial charge in [0.2, 0.25) is 0 Å². The number of anilines is 2. The molecule has 2 unspecified atom stereocenters. The minimum atomic E-state index is 0.250. The number of aromatic nitrogens is 2. The summed E-state index contributed by atoms with van der Waals surface area (Å²) in [5.41, 5.74) is 0. The van der Waals surface area contributed by atoms with E-state index in [0.717, 1.165) is 36.8 Å². The lowest BCUT2D eigenvalue weighted by atomic mass is 9.85. The molecule has 3 N–H and O–H groups in total. The van der Waals surface area contributed by atoms with Crippen molar-refractivity contribution in [1.29, 1.82) is 0 Å². The molecule has 5 nitrogen and oxygen atoms in total. The Kier molecular flexibility index (Phi) is 5.79. The molecule has 1 aliphatic rings. The molecular formula is C16H28N4O. The minimum absolute atomic E-state index is 0.250. The van der Waals surface area contributed by atoms with E-state index in [9.17, 15) is 5.11 Å². The summed E-state index contributed by atoms with van der Waals surface area (Å²) in [6, 6.07) is 2.28. The molecule has 1 aliphatic carbocycles. The maximum absolute atomic E-state index is 9.54. The van der Waals surface area contributed by atoms with Crippen molar-refractivity contribution in [2.45, 2.75) is 58.4 Å². The van der Waals surface area contributed by atoms with Crippen molar-refractivity contribution in [1.82, 2.24) is 9.97 Å². The second-order valence-corrected chi connectivity index (χ2v) is 6.16. The highest BCUT2D eigenvalue weighted by Crippen LogP contribution is 2.27. The van der Waals surface area contributed by atoms with E-state index in [1.165, 1.54) is 12.8 Å². The Morgan fingerprint density at radius 3 is 2.62 bits per heavy atom. The van der Waals surface area contributed by atoms with Gasteiger partial charge in [0.1, 0.15) is 17.5 Å². The van der Waals surface area contributed by atoms with E-state index in [1.54, 1.807) is 0 Å². The summed E-state index contributed by atoms with van der Waals surface area (Å²) in [7, 11) is 0. The first-order valence-corrected chi connectivity index (χ1v) is 8.14. The van der Waals surface area contributed by atoms with Crippen molar-refractivity contribution >= 4 is 11.6 Å². The lowest BCUT2D eigenvalue weighted by Gasteiger charge is -2.31. The number of hydrogen-bond acceptors (Lipinski definition) is 5.